The molecule has 1 N–H and O–H groups in total. The Morgan fingerprint density at radius 3 is 2.35 bits per heavy atom. The van der Waals surface area contributed by atoms with Crippen molar-refractivity contribution in [3.8, 4) is 24.0 Å². The van der Waals surface area contributed by atoms with Gasteiger partial charge in [-0.05, 0) is 30.3 Å². The first kappa shape index (κ1) is 15.6. The van der Waals surface area contributed by atoms with E-state index in [1.807, 2.05) is 12.1 Å². The van der Waals surface area contributed by atoms with Gasteiger partial charge >= 0.3 is 0 Å². The van der Waals surface area contributed by atoms with Crippen molar-refractivity contribution in [3.63, 3.8) is 0 Å². The molecule has 0 aliphatic rings. The van der Waals surface area contributed by atoms with E-state index >= 15 is 0 Å². The fraction of sp³-hybridized carbons (Fsp3) is 0.0588. The van der Waals surface area contributed by atoms with Gasteiger partial charge < -0.3 is 10.1 Å². The Kier molecular flexibility index (Phi) is 5.30. The van der Waals surface area contributed by atoms with Crippen molar-refractivity contribution in [1.82, 2.24) is 4.98 Å². The van der Waals surface area contributed by atoms with E-state index < -0.39 is 0 Å². The third-order valence-electron chi connectivity index (χ3n) is 2.84. The van der Waals surface area contributed by atoms with Crippen LogP contribution in [-0.4, -0.2) is 4.98 Å². The molecule has 2 rings (SSSR count). The Morgan fingerprint density at radius 2 is 1.78 bits per heavy atom. The van der Waals surface area contributed by atoms with Gasteiger partial charge in [-0.15, -0.1) is 0 Å². The van der Waals surface area contributed by atoms with E-state index in [4.69, 9.17) is 20.5 Å². The van der Waals surface area contributed by atoms with Crippen LogP contribution < -0.4 is 10.1 Å². The van der Waals surface area contributed by atoms with Gasteiger partial charge in [0.2, 0.25) is 0 Å². The average Bonchev–Trinajstić information content (AvgIpc) is 2.62. The van der Waals surface area contributed by atoms with Gasteiger partial charge in [0.05, 0.1) is 0 Å². The summed E-state index contributed by atoms with van der Waals surface area (Å²) < 4.78 is 5.62. The summed E-state index contributed by atoms with van der Waals surface area (Å²) in [5.74, 6) is 0.655. The Bertz CT molecular complexity index is 805. The monoisotopic (exact) mass is 301 g/mol. The van der Waals surface area contributed by atoms with Gasteiger partial charge in [0.1, 0.15) is 36.3 Å². The molecule has 0 spiro atoms. The fourth-order valence-corrected chi connectivity index (χ4v) is 1.71. The van der Waals surface area contributed by atoms with E-state index in [0.29, 0.717) is 18.0 Å². The number of benzene rings is 1. The molecule has 6 heteroatoms. The van der Waals surface area contributed by atoms with Gasteiger partial charge in [0.15, 0.2) is 5.57 Å². The number of hydrogen-bond acceptors (Lipinski definition) is 6. The van der Waals surface area contributed by atoms with Gasteiger partial charge in [-0.3, -0.25) is 4.98 Å². The smallest absolute Gasteiger partial charge is 0.163 e. The molecule has 0 unspecified atom stereocenters. The molecular formula is C17H11N5O. The molecule has 0 saturated heterocycles. The highest BCUT2D eigenvalue weighted by atomic mass is 16.5. The van der Waals surface area contributed by atoms with Crippen molar-refractivity contribution >= 4 is 5.69 Å². The van der Waals surface area contributed by atoms with Gasteiger partial charge in [-0.25, -0.2) is 0 Å². The quantitative estimate of drug-likeness (QED) is 0.851. The first-order chi connectivity index (χ1) is 11.3. The largest absolute Gasteiger partial charge is 0.489 e. The van der Waals surface area contributed by atoms with Gasteiger partial charge in [0, 0.05) is 23.6 Å². The van der Waals surface area contributed by atoms with Crippen LogP contribution in [0, 0.1) is 34.0 Å². The maximum absolute atomic E-state index is 8.98. The molecule has 0 saturated carbocycles. The van der Waals surface area contributed by atoms with E-state index in [1.54, 1.807) is 54.9 Å². The van der Waals surface area contributed by atoms with Crippen LogP contribution in [0.1, 0.15) is 5.56 Å². The SMILES string of the molecule is N#CC(C#N)=C(C#N)Nc1ccc(OCc2cccnc2)cc1. The minimum atomic E-state index is -0.260. The van der Waals surface area contributed by atoms with Crippen molar-refractivity contribution < 1.29 is 4.74 Å². The second-order valence-corrected chi connectivity index (χ2v) is 4.38. The van der Waals surface area contributed by atoms with Gasteiger partial charge in [-0.1, -0.05) is 6.07 Å². The number of pyridine rings is 1. The Morgan fingerprint density at radius 1 is 1.04 bits per heavy atom. The van der Waals surface area contributed by atoms with Crippen LogP contribution >= 0.6 is 0 Å². The van der Waals surface area contributed by atoms with E-state index in [0.717, 1.165) is 5.56 Å². The molecule has 1 aromatic carbocycles. The van der Waals surface area contributed by atoms with Crippen LogP contribution in [0.3, 0.4) is 0 Å². The van der Waals surface area contributed by atoms with E-state index in [9.17, 15) is 0 Å². The molecule has 2 aromatic rings. The normalized spacial score (nSPS) is 8.91. The predicted octanol–water partition coefficient (Wildman–Crippen LogP) is 2.90. The zero-order valence-electron chi connectivity index (χ0n) is 12.0. The summed E-state index contributed by atoms with van der Waals surface area (Å²) in [5.41, 5.74) is 1.19. The van der Waals surface area contributed by atoms with E-state index in [-0.39, 0.29) is 11.3 Å². The molecule has 0 radical (unpaired) electrons. The second kappa shape index (κ2) is 7.83. The predicted molar refractivity (Wildman–Crippen MR) is 82.5 cm³/mol. The van der Waals surface area contributed by atoms with E-state index in [1.165, 1.54) is 0 Å². The van der Waals surface area contributed by atoms with Gasteiger partial charge in [0.25, 0.3) is 0 Å². The number of allylic oxidation sites excluding steroid dienone is 2. The van der Waals surface area contributed by atoms with E-state index in [2.05, 4.69) is 10.3 Å². The lowest BCUT2D eigenvalue weighted by Crippen LogP contribution is -2.01. The lowest BCUT2D eigenvalue weighted by atomic mass is 10.2. The highest BCUT2D eigenvalue weighted by Gasteiger charge is 2.06. The maximum atomic E-state index is 8.98. The van der Waals surface area contributed by atoms with Crippen molar-refractivity contribution in [1.29, 1.82) is 15.8 Å². The molecule has 0 fully saturated rings. The Labute approximate surface area is 133 Å². The van der Waals surface area contributed by atoms with Crippen molar-refractivity contribution in [3.05, 3.63) is 65.6 Å². The number of rotatable bonds is 5. The number of nitriles is 3. The summed E-state index contributed by atoms with van der Waals surface area (Å²) in [4.78, 5) is 4.01. The molecule has 0 amide bonds. The fourth-order valence-electron chi connectivity index (χ4n) is 1.71. The number of aromatic nitrogens is 1. The number of anilines is 1. The van der Waals surface area contributed by atoms with Crippen LogP contribution in [0.5, 0.6) is 5.75 Å². The van der Waals surface area contributed by atoms with Crippen LogP contribution in [0.25, 0.3) is 0 Å². The first-order valence-electron chi connectivity index (χ1n) is 6.60. The summed E-state index contributed by atoms with van der Waals surface area (Å²) in [7, 11) is 0. The third-order valence-corrected chi connectivity index (χ3v) is 2.84. The molecule has 0 atom stereocenters. The van der Waals surface area contributed by atoms with Crippen LogP contribution in [-0.2, 0) is 6.61 Å². The zero-order chi connectivity index (χ0) is 16.5. The molecule has 0 bridgehead atoms. The third kappa shape index (κ3) is 4.32. The lowest BCUT2D eigenvalue weighted by molar-refractivity contribution is 0.306. The average molecular weight is 301 g/mol. The number of hydrogen-bond donors (Lipinski definition) is 1. The standard InChI is InChI=1S/C17H11N5O/c18-8-14(9-19)17(10-20)22-15-3-5-16(6-4-15)23-12-13-2-1-7-21-11-13/h1-7,11,22H,12H2. The van der Waals surface area contributed by atoms with Crippen molar-refractivity contribution in [2.45, 2.75) is 6.61 Å². The molecule has 1 heterocycles. The summed E-state index contributed by atoms with van der Waals surface area (Å²) in [6.07, 6.45) is 3.42. The van der Waals surface area contributed by atoms with Crippen LogP contribution in [0.2, 0.25) is 0 Å². The highest BCUT2D eigenvalue weighted by molar-refractivity contribution is 5.58. The minimum absolute atomic E-state index is 0.0842. The molecule has 0 aliphatic carbocycles. The molecule has 1 aromatic heterocycles. The Balaban J connectivity index is 2.03. The topological polar surface area (TPSA) is 106 Å². The second-order valence-electron chi connectivity index (χ2n) is 4.38. The lowest BCUT2D eigenvalue weighted by Gasteiger charge is -2.08. The molecular weight excluding hydrogens is 290 g/mol. The molecule has 0 aliphatic heterocycles. The first-order valence-corrected chi connectivity index (χ1v) is 6.60. The summed E-state index contributed by atoms with van der Waals surface area (Å²) in [6.45, 7) is 0.400. The van der Waals surface area contributed by atoms with Crippen molar-refractivity contribution in [2.75, 3.05) is 5.32 Å². The van der Waals surface area contributed by atoms with Crippen LogP contribution in [0.4, 0.5) is 5.69 Å². The summed E-state index contributed by atoms with van der Waals surface area (Å²) in [5, 5.41) is 29.3. The summed E-state index contributed by atoms with van der Waals surface area (Å²) >= 11 is 0. The van der Waals surface area contributed by atoms with Crippen molar-refractivity contribution in [2.24, 2.45) is 0 Å². The summed E-state index contributed by atoms with van der Waals surface area (Å²) in [6, 6.07) is 15.8. The zero-order valence-corrected chi connectivity index (χ0v) is 12.0. The van der Waals surface area contributed by atoms with Crippen LogP contribution in [0.15, 0.2) is 60.1 Å². The Hall–Kier alpha value is -3.82. The maximum Gasteiger partial charge on any atom is 0.163 e. The number of ether oxygens (including phenoxy) is 1. The number of nitrogens with one attached hydrogen (secondary N) is 1. The molecule has 110 valence electrons. The van der Waals surface area contributed by atoms with Gasteiger partial charge in [-0.2, -0.15) is 15.8 Å². The minimum Gasteiger partial charge on any atom is -0.489 e. The highest BCUT2D eigenvalue weighted by Crippen LogP contribution is 2.18. The molecule has 23 heavy (non-hydrogen) atoms. The number of nitrogens with zero attached hydrogens (tertiary/aromatic N) is 4. The molecule has 6 nitrogen and oxygen atoms in total.